The minimum atomic E-state index is -0.624. The minimum absolute atomic E-state index is 0.0650. The van der Waals surface area contributed by atoms with Crippen molar-refractivity contribution in [2.24, 2.45) is 4.99 Å². The molecular weight excluding hydrogens is 336 g/mol. The van der Waals surface area contributed by atoms with Crippen LogP contribution in [0.1, 0.15) is 30.7 Å². The molecule has 3 rings (SSSR count). The first-order valence-electron chi connectivity index (χ1n) is 8.63. The van der Waals surface area contributed by atoms with Gasteiger partial charge in [-0.15, -0.1) is 11.3 Å². The Morgan fingerprint density at radius 1 is 1.36 bits per heavy atom. The van der Waals surface area contributed by atoms with Gasteiger partial charge in [0.15, 0.2) is 5.96 Å². The monoisotopic (exact) mass is 360 g/mol. The SMILES string of the molecule is CCNC(=NCC(=O)NC1CC1)NCC(O)c1cc2ccccc2s1. The van der Waals surface area contributed by atoms with E-state index in [4.69, 9.17) is 0 Å². The fourth-order valence-electron chi connectivity index (χ4n) is 2.45. The van der Waals surface area contributed by atoms with Crippen molar-refractivity contribution in [2.75, 3.05) is 19.6 Å². The number of carbonyl (C=O) groups excluding carboxylic acids is 1. The number of aliphatic hydroxyl groups is 1. The molecule has 0 saturated heterocycles. The highest BCUT2D eigenvalue weighted by molar-refractivity contribution is 7.19. The number of rotatable bonds is 7. The van der Waals surface area contributed by atoms with Gasteiger partial charge < -0.3 is 21.1 Å². The zero-order chi connectivity index (χ0) is 17.6. The Morgan fingerprint density at radius 2 is 2.16 bits per heavy atom. The number of benzene rings is 1. The molecule has 1 unspecified atom stereocenters. The molecule has 0 bridgehead atoms. The lowest BCUT2D eigenvalue weighted by Gasteiger charge is -2.14. The normalized spacial score (nSPS) is 15.8. The van der Waals surface area contributed by atoms with E-state index in [1.165, 1.54) is 0 Å². The molecule has 1 aliphatic rings. The molecule has 134 valence electrons. The number of carbonyl (C=O) groups is 1. The van der Waals surface area contributed by atoms with Gasteiger partial charge in [-0.1, -0.05) is 18.2 Å². The molecule has 2 aromatic rings. The molecule has 25 heavy (non-hydrogen) atoms. The summed E-state index contributed by atoms with van der Waals surface area (Å²) in [6.07, 6.45) is 1.51. The van der Waals surface area contributed by atoms with E-state index in [9.17, 15) is 9.90 Å². The van der Waals surface area contributed by atoms with Crippen LogP contribution in [0.3, 0.4) is 0 Å². The predicted molar refractivity (Wildman–Crippen MR) is 102 cm³/mol. The molecule has 1 aliphatic carbocycles. The second kappa shape index (κ2) is 8.31. The molecule has 6 nitrogen and oxygen atoms in total. The number of amides is 1. The lowest BCUT2D eigenvalue weighted by molar-refractivity contribution is -0.119. The topological polar surface area (TPSA) is 85.8 Å². The lowest BCUT2D eigenvalue weighted by atomic mass is 10.2. The third-order valence-electron chi connectivity index (χ3n) is 3.90. The van der Waals surface area contributed by atoms with Gasteiger partial charge in [-0.25, -0.2) is 4.99 Å². The third kappa shape index (κ3) is 5.17. The van der Waals surface area contributed by atoms with E-state index < -0.39 is 6.10 Å². The molecule has 1 aromatic heterocycles. The number of aliphatic imine (C=N–C) groups is 1. The smallest absolute Gasteiger partial charge is 0.242 e. The van der Waals surface area contributed by atoms with Crippen molar-refractivity contribution in [2.45, 2.75) is 31.9 Å². The molecule has 1 amide bonds. The number of aliphatic hydroxyl groups excluding tert-OH is 1. The molecule has 1 heterocycles. The van der Waals surface area contributed by atoms with E-state index >= 15 is 0 Å². The van der Waals surface area contributed by atoms with E-state index in [-0.39, 0.29) is 12.5 Å². The maximum atomic E-state index is 11.7. The molecule has 7 heteroatoms. The highest BCUT2D eigenvalue weighted by atomic mass is 32.1. The number of nitrogens with zero attached hydrogens (tertiary/aromatic N) is 1. The van der Waals surface area contributed by atoms with Gasteiger partial charge in [0.25, 0.3) is 0 Å². The maximum Gasteiger partial charge on any atom is 0.242 e. The summed E-state index contributed by atoms with van der Waals surface area (Å²) in [5.41, 5.74) is 0. The standard InChI is InChI=1S/C18H24N4O2S/c1-2-19-18(21-11-17(24)22-13-7-8-13)20-10-14(23)16-9-12-5-3-4-6-15(12)25-16/h3-6,9,13-14,23H,2,7-8,10-11H2,1H3,(H,22,24)(H2,19,20,21). The van der Waals surface area contributed by atoms with Gasteiger partial charge >= 0.3 is 0 Å². The van der Waals surface area contributed by atoms with Gasteiger partial charge in [0.1, 0.15) is 12.6 Å². The second-order valence-corrected chi connectivity index (χ2v) is 7.24. The summed E-state index contributed by atoms with van der Waals surface area (Å²) in [4.78, 5) is 16.9. The van der Waals surface area contributed by atoms with Gasteiger partial charge in [-0.2, -0.15) is 0 Å². The first-order chi connectivity index (χ1) is 12.2. The Balaban J connectivity index is 1.54. The van der Waals surface area contributed by atoms with Crippen LogP contribution >= 0.6 is 11.3 Å². The van der Waals surface area contributed by atoms with Crippen molar-refractivity contribution >= 4 is 33.3 Å². The van der Waals surface area contributed by atoms with E-state index in [1.807, 2.05) is 37.3 Å². The Kier molecular flexibility index (Phi) is 5.88. The second-order valence-electron chi connectivity index (χ2n) is 6.12. The largest absolute Gasteiger partial charge is 0.386 e. The van der Waals surface area contributed by atoms with Crippen molar-refractivity contribution in [1.29, 1.82) is 0 Å². The minimum Gasteiger partial charge on any atom is -0.386 e. The highest BCUT2D eigenvalue weighted by Gasteiger charge is 2.22. The van der Waals surface area contributed by atoms with Crippen molar-refractivity contribution < 1.29 is 9.90 Å². The van der Waals surface area contributed by atoms with E-state index in [0.29, 0.717) is 25.1 Å². The van der Waals surface area contributed by atoms with Crippen LogP contribution in [0.2, 0.25) is 0 Å². The number of hydrogen-bond donors (Lipinski definition) is 4. The molecule has 1 fully saturated rings. The highest BCUT2D eigenvalue weighted by Crippen LogP contribution is 2.29. The average molecular weight is 360 g/mol. The van der Waals surface area contributed by atoms with Gasteiger partial charge in [0, 0.05) is 28.7 Å². The summed E-state index contributed by atoms with van der Waals surface area (Å²) in [7, 11) is 0. The number of guanidine groups is 1. The van der Waals surface area contributed by atoms with Gasteiger partial charge in [-0.3, -0.25) is 4.79 Å². The number of thiophene rings is 1. The van der Waals surface area contributed by atoms with Gasteiger partial charge in [0.05, 0.1) is 0 Å². The molecule has 1 saturated carbocycles. The first kappa shape index (κ1) is 17.7. The van der Waals surface area contributed by atoms with Crippen LogP contribution in [0.5, 0.6) is 0 Å². The summed E-state index contributed by atoms with van der Waals surface area (Å²) in [5.74, 6) is 0.471. The summed E-state index contributed by atoms with van der Waals surface area (Å²) >= 11 is 1.59. The molecule has 1 atom stereocenters. The predicted octanol–water partition coefficient (Wildman–Crippen LogP) is 1.77. The van der Waals surface area contributed by atoms with Crippen molar-refractivity contribution in [3.63, 3.8) is 0 Å². The van der Waals surface area contributed by atoms with Gasteiger partial charge in [0.2, 0.25) is 5.91 Å². The van der Waals surface area contributed by atoms with Crippen LogP contribution in [0, 0.1) is 0 Å². The number of nitrogens with one attached hydrogen (secondary N) is 3. The number of hydrogen-bond acceptors (Lipinski definition) is 4. The third-order valence-corrected chi connectivity index (χ3v) is 5.12. The van der Waals surface area contributed by atoms with Crippen LogP contribution in [-0.2, 0) is 4.79 Å². The zero-order valence-corrected chi connectivity index (χ0v) is 15.1. The van der Waals surface area contributed by atoms with E-state index in [2.05, 4.69) is 20.9 Å². The Morgan fingerprint density at radius 3 is 2.88 bits per heavy atom. The maximum absolute atomic E-state index is 11.7. The van der Waals surface area contributed by atoms with Crippen LogP contribution in [0.15, 0.2) is 35.3 Å². The molecule has 4 N–H and O–H groups in total. The van der Waals surface area contributed by atoms with Crippen molar-refractivity contribution in [3.8, 4) is 0 Å². The van der Waals surface area contributed by atoms with Crippen molar-refractivity contribution in [1.82, 2.24) is 16.0 Å². The van der Waals surface area contributed by atoms with Gasteiger partial charge in [-0.05, 0) is 37.3 Å². The Labute approximate surface area is 151 Å². The molecule has 0 aliphatic heterocycles. The average Bonchev–Trinajstić information content (AvgIpc) is 3.31. The summed E-state index contributed by atoms with van der Waals surface area (Å²) in [6.45, 7) is 3.08. The molecule has 0 radical (unpaired) electrons. The summed E-state index contributed by atoms with van der Waals surface area (Å²) in [5, 5.41) is 20.7. The quantitative estimate of drug-likeness (QED) is 0.448. The molecular formula is C18H24N4O2S. The Bertz CT molecular complexity index is 721. The fourth-order valence-corrected chi connectivity index (χ4v) is 3.50. The van der Waals surface area contributed by atoms with Crippen LogP contribution in [-0.4, -0.2) is 42.6 Å². The Hall–Kier alpha value is -2.12. The van der Waals surface area contributed by atoms with Crippen LogP contribution < -0.4 is 16.0 Å². The van der Waals surface area contributed by atoms with Crippen molar-refractivity contribution in [3.05, 3.63) is 35.2 Å². The zero-order valence-electron chi connectivity index (χ0n) is 14.3. The van der Waals surface area contributed by atoms with E-state index in [1.54, 1.807) is 11.3 Å². The van der Waals surface area contributed by atoms with Crippen LogP contribution in [0.4, 0.5) is 0 Å². The fraction of sp³-hybridized carbons (Fsp3) is 0.444. The number of fused-ring (bicyclic) bond motifs is 1. The summed E-state index contributed by atoms with van der Waals surface area (Å²) < 4.78 is 1.16. The molecule has 0 spiro atoms. The first-order valence-corrected chi connectivity index (χ1v) is 9.45. The molecule has 1 aromatic carbocycles. The van der Waals surface area contributed by atoms with E-state index in [0.717, 1.165) is 27.8 Å². The summed E-state index contributed by atoms with van der Waals surface area (Å²) in [6, 6.07) is 10.4. The van der Waals surface area contributed by atoms with Crippen LogP contribution in [0.25, 0.3) is 10.1 Å². The lowest BCUT2D eigenvalue weighted by Crippen LogP contribution is -2.40.